The van der Waals surface area contributed by atoms with E-state index in [2.05, 4.69) is 6.58 Å². The van der Waals surface area contributed by atoms with Crippen molar-refractivity contribution in [3.63, 3.8) is 0 Å². The highest BCUT2D eigenvalue weighted by Crippen LogP contribution is 2.65. The third kappa shape index (κ3) is 4.07. The third-order valence-electron chi connectivity index (χ3n) is 9.79. The van der Waals surface area contributed by atoms with Gasteiger partial charge in [0.2, 0.25) is 5.91 Å². The molecule has 6 rings (SSSR count). The van der Waals surface area contributed by atoms with Crippen LogP contribution in [0.4, 0.5) is 5.69 Å². The number of carbonyl (C=O) groups is 3. The molecule has 218 valence electrons. The van der Waals surface area contributed by atoms with Crippen LogP contribution in [0.5, 0.6) is 0 Å². The molecule has 3 saturated heterocycles. The number of carboxylic acid groups (broad SMARTS) is 1. The summed E-state index contributed by atoms with van der Waals surface area (Å²) in [4.78, 5) is 45.1. The van der Waals surface area contributed by atoms with Gasteiger partial charge in [-0.25, -0.2) is 0 Å². The van der Waals surface area contributed by atoms with Gasteiger partial charge in [0.1, 0.15) is 17.6 Å². The number of carbonyl (C=O) groups excluding carboxylic acids is 2. The quantitative estimate of drug-likeness (QED) is 0.377. The summed E-state index contributed by atoms with van der Waals surface area (Å²) < 4.78 is 6.67. The Morgan fingerprint density at radius 3 is 2.48 bits per heavy atom. The van der Waals surface area contributed by atoms with Crippen LogP contribution in [-0.2, 0) is 25.5 Å². The number of carboxylic acids is 1. The molecule has 0 aromatic heterocycles. The summed E-state index contributed by atoms with van der Waals surface area (Å²) >= 11 is 0. The van der Waals surface area contributed by atoms with Gasteiger partial charge in [0.05, 0.1) is 24.2 Å². The van der Waals surface area contributed by atoms with Gasteiger partial charge < -0.3 is 24.7 Å². The maximum Gasteiger partial charge on any atom is 0.310 e. The predicted molar refractivity (Wildman–Crippen MR) is 159 cm³/mol. The molecule has 3 aliphatic heterocycles. The molecule has 3 aromatic carbocycles. The molecule has 42 heavy (non-hydrogen) atoms. The summed E-state index contributed by atoms with van der Waals surface area (Å²) in [5.74, 6) is -4.30. The lowest BCUT2D eigenvalue weighted by atomic mass is 9.62. The molecule has 3 unspecified atom stereocenters. The summed E-state index contributed by atoms with van der Waals surface area (Å²) in [6.07, 6.45) is 2.30. The molecular weight excluding hydrogens is 532 g/mol. The summed E-state index contributed by atoms with van der Waals surface area (Å²) in [6, 6.07) is 21.2. The van der Waals surface area contributed by atoms with Crippen molar-refractivity contribution >= 4 is 34.2 Å². The second-order valence-electron chi connectivity index (χ2n) is 12.1. The summed E-state index contributed by atoms with van der Waals surface area (Å²) in [5.41, 5.74) is -0.915. The fraction of sp³-hybridized carbons (Fsp3) is 0.382. The van der Waals surface area contributed by atoms with Gasteiger partial charge in [0.25, 0.3) is 5.91 Å². The largest absolute Gasteiger partial charge is 0.481 e. The van der Waals surface area contributed by atoms with Crippen LogP contribution in [0, 0.1) is 17.8 Å². The van der Waals surface area contributed by atoms with E-state index in [0.29, 0.717) is 18.5 Å². The van der Waals surface area contributed by atoms with Crippen LogP contribution in [0.1, 0.15) is 25.8 Å². The maximum atomic E-state index is 14.9. The Bertz CT molecular complexity index is 1560. The fourth-order valence-electron chi connectivity index (χ4n) is 7.81. The Morgan fingerprint density at radius 2 is 1.81 bits per heavy atom. The van der Waals surface area contributed by atoms with Crippen LogP contribution in [0.15, 0.2) is 85.5 Å². The molecular formula is C34H36N2O6. The van der Waals surface area contributed by atoms with E-state index in [-0.39, 0.29) is 18.4 Å². The van der Waals surface area contributed by atoms with Gasteiger partial charge >= 0.3 is 5.97 Å². The molecule has 3 heterocycles. The number of benzene rings is 3. The number of likely N-dealkylation sites (tertiary alicyclic amines) is 1. The molecule has 8 nitrogen and oxygen atoms in total. The zero-order valence-electron chi connectivity index (χ0n) is 23.8. The van der Waals surface area contributed by atoms with E-state index >= 15 is 0 Å². The van der Waals surface area contributed by atoms with Crippen LogP contribution >= 0.6 is 0 Å². The van der Waals surface area contributed by atoms with Crippen molar-refractivity contribution in [1.29, 1.82) is 0 Å². The van der Waals surface area contributed by atoms with Crippen LogP contribution in [0.2, 0.25) is 0 Å². The predicted octanol–water partition coefficient (Wildman–Crippen LogP) is 4.06. The molecule has 0 saturated carbocycles. The number of hydrogen-bond acceptors (Lipinski definition) is 5. The van der Waals surface area contributed by atoms with Gasteiger partial charge in [0, 0.05) is 12.2 Å². The second kappa shape index (κ2) is 10.4. The number of nitrogens with zero attached hydrogens (tertiary/aromatic N) is 2. The van der Waals surface area contributed by atoms with E-state index in [1.54, 1.807) is 17.9 Å². The minimum atomic E-state index is -1.34. The van der Waals surface area contributed by atoms with Crippen molar-refractivity contribution in [2.75, 3.05) is 18.1 Å². The maximum absolute atomic E-state index is 14.9. The third-order valence-corrected chi connectivity index (χ3v) is 9.79. The molecule has 3 aromatic rings. The highest BCUT2D eigenvalue weighted by Gasteiger charge is 2.80. The number of rotatable bonds is 9. The highest BCUT2D eigenvalue weighted by molar-refractivity contribution is 6.05. The molecule has 2 N–H and O–H groups in total. The first-order chi connectivity index (χ1) is 20.2. The lowest BCUT2D eigenvalue weighted by Crippen LogP contribution is -2.59. The minimum absolute atomic E-state index is 0.175. The lowest BCUT2D eigenvalue weighted by Gasteiger charge is -2.39. The van der Waals surface area contributed by atoms with Crippen LogP contribution in [0.3, 0.4) is 0 Å². The Hall–Kier alpha value is -4.01. The molecule has 3 fully saturated rings. The van der Waals surface area contributed by atoms with E-state index in [1.165, 1.54) is 4.90 Å². The molecule has 2 amide bonds. The molecule has 0 aliphatic carbocycles. The van der Waals surface area contributed by atoms with E-state index in [0.717, 1.165) is 16.3 Å². The average Bonchev–Trinajstić information content (AvgIpc) is 3.51. The zero-order chi connectivity index (χ0) is 29.8. The number of amides is 2. The van der Waals surface area contributed by atoms with Gasteiger partial charge in [-0.15, -0.1) is 6.58 Å². The Kier molecular flexibility index (Phi) is 6.94. The van der Waals surface area contributed by atoms with Gasteiger partial charge in [-0.2, -0.15) is 0 Å². The Labute approximate surface area is 245 Å². The van der Waals surface area contributed by atoms with Crippen molar-refractivity contribution in [2.45, 2.75) is 50.0 Å². The van der Waals surface area contributed by atoms with Crippen LogP contribution in [-0.4, -0.2) is 69.3 Å². The van der Waals surface area contributed by atoms with Gasteiger partial charge in [0.15, 0.2) is 0 Å². The summed E-state index contributed by atoms with van der Waals surface area (Å²) in [5, 5.41) is 23.0. The minimum Gasteiger partial charge on any atom is -0.481 e. The normalized spacial score (nSPS) is 30.4. The first-order valence-electron chi connectivity index (χ1n) is 14.5. The number of anilines is 1. The molecule has 2 bridgehead atoms. The highest BCUT2D eigenvalue weighted by atomic mass is 16.5. The van der Waals surface area contributed by atoms with E-state index in [4.69, 9.17) is 4.74 Å². The van der Waals surface area contributed by atoms with Gasteiger partial charge in [-0.1, -0.05) is 73.7 Å². The fourth-order valence-corrected chi connectivity index (χ4v) is 7.81. The Morgan fingerprint density at radius 1 is 1.12 bits per heavy atom. The average molecular weight is 569 g/mol. The number of aliphatic carboxylic acids is 1. The molecule has 8 heteroatoms. The van der Waals surface area contributed by atoms with E-state index in [9.17, 15) is 24.6 Å². The Balaban J connectivity index is 1.49. The monoisotopic (exact) mass is 568 g/mol. The zero-order valence-corrected chi connectivity index (χ0v) is 23.8. The molecule has 3 aliphatic rings. The van der Waals surface area contributed by atoms with E-state index < -0.39 is 53.6 Å². The van der Waals surface area contributed by atoms with E-state index in [1.807, 2.05) is 79.7 Å². The topological polar surface area (TPSA) is 107 Å². The van der Waals surface area contributed by atoms with Crippen molar-refractivity contribution in [2.24, 2.45) is 17.8 Å². The van der Waals surface area contributed by atoms with Crippen LogP contribution in [0.25, 0.3) is 10.8 Å². The van der Waals surface area contributed by atoms with Gasteiger partial charge in [-0.3, -0.25) is 14.4 Å². The second-order valence-corrected chi connectivity index (χ2v) is 12.1. The number of aliphatic hydroxyl groups excluding tert-OH is 1. The van der Waals surface area contributed by atoms with Gasteiger partial charge in [-0.05, 0) is 54.2 Å². The van der Waals surface area contributed by atoms with Crippen molar-refractivity contribution in [3.05, 3.63) is 91.0 Å². The summed E-state index contributed by atoms with van der Waals surface area (Å²) in [7, 11) is 0. The summed E-state index contributed by atoms with van der Waals surface area (Å²) in [6.45, 7) is 7.34. The molecule has 0 radical (unpaired) electrons. The van der Waals surface area contributed by atoms with Crippen molar-refractivity contribution in [3.8, 4) is 0 Å². The molecule has 7 atom stereocenters. The first-order valence-corrected chi connectivity index (χ1v) is 14.5. The van der Waals surface area contributed by atoms with Crippen molar-refractivity contribution in [1.82, 2.24) is 4.90 Å². The number of aliphatic hydroxyl groups is 1. The first kappa shape index (κ1) is 28.1. The number of ether oxygens (including phenoxy) is 1. The molecule has 1 spiro atoms. The lowest BCUT2D eigenvalue weighted by molar-refractivity contribution is -0.157. The number of hydrogen-bond donors (Lipinski definition) is 2. The smallest absolute Gasteiger partial charge is 0.310 e. The number of fused-ring (bicyclic) bond motifs is 2. The SMILES string of the molecule is C=CCN(C(=O)C1N([C@@H](CO)Cc2ccccc2)C(=O)[C@@H]2[C@@H](C(=O)O)[C@]3(C)OC12CC3C)c1ccc2ccccc2c1. The van der Waals surface area contributed by atoms with Crippen molar-refractivity contribution < 1.29 is 29.3 Å². The van der Waals surface area contributed by atoms with Crippen LogP contribution < -0.4 is 4.90 Å². The standard InChI is InChI=1S/C34H36N2O6/c1-4-16-35(25-15-14-23-12-8-9-13-24(23)18-25)31(39)29-34-19-21(2)33(3,42-34)28(32(40)41)27(34)30(38)36(29)26(20-37)17-22-10-6-5-7-11-22/h4-15,18,21,26-29,37H,1,16-17,19-20H2,2-3H3,(H,40,41)/t21?,26-,27+,28+,29?,33-,34?/m1/s1.